The molecule has 8 heteroatoms. The fourth-order valence-electron chi connectivity index (χ4n) is 2.26. The van der Waals surface area contributed by atoms with Crippen molar-refractivity contribution < 1.29 is 14.3 Å². The Labute approximate surface area is 137 Å². The van der Waals surface area contributed by atoms with E-state index in [2.05, 4.69) is 10.3 Å². The van der Waals surface area contributed by atoms with Crippen LogP contribution in [0.4, 0.5) is 0 Å². The number of thiophene rings is 1. The number of fused-ring (bicyclic) bond motifs is 1. The largest absolute Gasteiger partial charge is 0.467 e. The van der Waals surface area contributed by atoms with E-state index in [9.17, 15) is 14.4 Å². The molecule has 2 aromatic rings. The van der Waals surface area contributed by atoms with Crippen LogP contribution < -0.4 is 10.9 Å². The standard InChI is InChI=1S/C15H19N3O4S/c1-7(2)10(15(21)22-5)17-12(19)11-8(3)9-13(23-11)16-6-18(4)14(9)20/h6-7,10H,1-5H3,(H,17,19)/t10-/m0/s1. The van der Waals surface area contributed by atoms with Crippen molar-refractivity contribution in [2.24, 2.45) is 13.0 Å². The average Bonchev–Trinajstić information content (AvgIpc) is 2.85. The Kier molecular flexibility index (Phi) is 4.84. The summed E-state index contributed by atoms with van der Waals surface area (Å²) in [5, 5.41) is 3.11. The molecule has 1 amide bonds. The van der Waals surface area contributed by atoms with E-state index >= 15 is 0 Å². The van der Waals surface area contributed by atoms with Crippen molar-refractivity contribution in [1.82, 2.24) is 14.9 Å². The van der Waals surface area contributed by atoms with Crippen molar-refractivity contribution in [2.75, 3.05) is 7.11 Å². The molecule has 7 nitrogen and oxygen atoms in total. The number of nitrogens with one attached hydrogen (secondary N) is 1. The van der Waals surface area contributed by atoms with Crippen molar-refractivity contribution in [3.63, 3.8) is 0 Å². The highest BCUT2D eigenvalue weighted by Crippen LogP contribution is 2.26. The van der Waals surface area contributed by atoms with Crippen LogP contribution in [0.3, 0.4) is 0 Å². The lowest BCUT2D eigenvalue weighted by Crippen LogP contribution is -2.44. The minimum atomic E-state index is -0.743. The van der Waals surface area contributed by atoms with Crippen LogP contribution in [-0.4, -0.2) is 34.6 Å². The SMILES string of the molecule is COC(=O)[C@@H](NC(=O)c1sc2ncn(C)c(=O)c2c1C)C(C)C. The molecule has 1 atom stereocenters. The molecule has 0 spiro atoms. The average molecular weight is 337 g/mol. The summed E-state index contributed by atoms with van der Waals surface area (Å²) in [6, 6.07) is -0.743. The number of esters is 1. The first-order chi connectivity index (χ1) is 10.8. The van der Waals surface area contributed by atoms with Crippen LogP contribution >= 0.6 is 11.3 Å². The number of nitrogens with zero attached hydrogens (tertiary/aromatic N) is 2. The van der Waals surface area contributed by atoms with Crippen molar-refractivity contribution in [2.45, 2.75) is 26.8 Å². The minimum absolute atomic E-state index is 0.118. The van der Waals surface area contributed by atoms with E-state index in [0.717, 1.165) is 11.3 Å². The molecule has 2 aromatic heterocycles. The topological polar surface area (TPSA) is 90.3 Å². The van der Waals surface area contributed by atoms with E-state index < -0.39 is 17.9 Å². The van der Waals surface area contributed by atoms with Crippen LogP contribution in [0.2, 0.25) is 0 Å². The number of hydrogen-bond acceptors (Lipinski definition) is 6. The number of methoxy groups -OCH3 is 1. The second kappa shape index (κ2) is 6.49. The summed E-state index contributed by atoms with van der Waals surface area (Å²) in [6.07, 6.45) is 1.42. The smallest absolute Gasteiger partial charge is 0.328 e. The Hall–Kier alpha value is -2.22. The van der Waals surface area contributed by atoms with Crippen LogP contribution in [0.15, 0.2) is 11.1 Å². The number of rotatable bonds is 4. The monoisotopic (exact) mass is 337 g/mol. The van der Waals surface area contributed by atoms with E-state index in [4.69, 9.17) is 4.74 Å². The maximum absolute atomic E-state index is 12.5. The zero-order valence-electron chi connectivity index (χ0n) is 13.7. The molecule has 23 heavy (non-hydrogen) atoms. The van der Waals surface area contributed by atoms with Gasteiger partial charge in [0.1, 0.15) is 10.9 Å². The molecule has 0 aromatic carbocycles. The molecule has 0 fully saturated rings. The van der Waals surface area contributed by atoms with Crippen LogP contribution in [0.25, 0.3) is 10.2 Å². The van der Waals surface area contributed by atoms with E-state index in [1.54, 1.807) is 14.0 Å². The predicted molar refractivity (Wildman–Crippen MR) is 87.7 cm³/mol. The molecule has 0 radical (unpaired) electrons. The Morgan fingerprint density at radius 1 is 1.39 bits per heavy atom. The van der Waals surface area contributed by atoms with Crippen LogP contribution in [-0.2, 0) is 16.6 Å². The van der Waals surface area contributed by atoms with E-state index in [-0.39, 0.29) is 11.5 Å². The molecule has 0 aliphatic carbocycles. The lowest BCUT2D eigenvalue weighted by atomic mass is 10.0. The summed E-state index contributed by atoms with van der Waals surface area (Å²) in [5.41, 5.74) is 0.375. The predicted octanol–water partition coefficient (Wildman–Crippen LogP) is 1.23. The molecule has 0 aliphatic rings. The van der Waals surface area contributed by atoms with Gasteiger partial charge in [0.15, 0.2) is 0 Å². The van der Waals surface area contributed by atoms with Gasteiger partial charge in [0.25, 0.3) is 11.5 Å². The number of hydrogen-bond donors (Lipinski definition) is 1. The lowest BCUT2D eigenvalue weighted by molar-refractivity contribution is -0.144. The van der Waals surface area contributed by atoms with E-state index in [1.165, 1.54) is 18.0 Å². The first-order valence-corrected chi connectivity index (χ1v) is 7.93. The summed E-state index contributed by atoms with van der Waals surface area (Å²) in [5.74, 6) is -1.02. The molecular formula is C15H19N3O4S. The molecule has 0 bridgehead atoms. The van der Waals surface area contributed by atoms with E-state index in [1.807, 2.05) is 13.8 Å². The van der Waals surface area contributed by atoms with Gasteiger partial charge in [-0.3, -0.25) is 9.59 Å². The maximum Gasteiger partial charge on any atom is 0.328 e. The van der Waals surface area contributed by atoms with Crippen molar-refractivity contribution >= 4 is 33.4 Å². The fraction of sp³-hybridized carbons (Fsp3) is 0.467. The summed E-state index contributed by atoms with van der Waals surface area (Å²) in [4.78, 5) is 41.6. The molecule has 2 heterocycles. The second-order valence-corrected chi connectivity index (χ2v) is 6.61. The van der Waals surface area contributed by atoms with Gasteiger partial charge < -0.3 is 14.6 Å². The highest BCUT2D eigenvalue weighted by molar-refractivity contribution is 7.20. The normalized spacial score (nSPS) is 12.4. The van der Waals surface area contributed by atoms with Gasteiger partial charge in [-0.25, -0.2) is 9.78 Å². The van der Waals surface area contributed by atoms with Gasteiger partial charge in [-0.15, -0.1) is 11.3 Å². The number of aromatic nitrogens is 2. The Bertz CT molecular complexity index is 822. The third kappa shape index (κ3) is 3.12. The van der Waals surface area contributed by atoms with Gasteiger partial charge in [0.2, 0.25) is 0 Å². The lowest BCUT2D eigenvalue weighted by Gasteiger charge is -2.19. The highest BCUT2D eigenvalue weighted by atomic mass is 32.1. The zero-order chi connectivity index (χ0) is 17.3. The Morgan fingerprint density at radius 3 is 2.61 bits per heavy atom. The molecular weight excluding hydrogens is 318 g/mol. The first-order valence-electron chi connectivity index (χ1n) is 7.11. The summed E-state index contributed by atoms with van der Waals surface area (Å²) in [7, 11) is 2.89. The molecule has 124 valence electrons. The van der Waals surface area contributed by atoms with Gasteiger partial charge in [0, 0.05) is 7.05 Å². The third-order valence-corrected chi connectivity index (χ3v) is 4.82. The summed E-state index contributed by atoms with van der Waals surface area (Å²) in [6.45, 7) is 5.34. The van der Waals surface area contributed by atoms with E-state index in [0.29, 0.717) is 20.7 Å². The zero-order valence-corrected chi connectivity index (χ0v) is 14.5. The Balaban J connectivity index is 2.42. The first kappa shape index (κ1) is 17.1. The molecule has 0 unspecified atom stereocenters. The van der Waals surface area contributed by atoms with Crippen LogP contribution in [0.1, 0.15) is 29.1 Å². The van der Waals surface area contributed by atoms with Crippen LogP contribution in [0.5, 0.6) is 0 Å². The number of amides is 1. The maximum atomic E-state index is 12.5. The number of aryl methyl sites for hydroxylation is 2. The summed E-state index contributed by atoms with van der Waals surface area (Å²) >= 11 is 1.14. The van der Waals surface area contributed by atoms with Gasteiger partial charge >= 0.3 is 5.97 Å². The summed E-state index contributed by atoms with van der Waals surface area (Å²) < 4.78 is 6.09. The number of carbonyl (C=O) groups is 2. The third-order valence-electron chi connectivity index (χ3n) is 3.63. The van der Waals surface area contributed by atoms with Gasteiger partial charge in [-0.1, -0.05) is 13.8 Å². The van der Waals surface area contributed by atoms with Gasteiger partial charge in [-0.05, 0) is 18.4 Å². The highest BCUT2D eigenvalue weighted by Gasteiger charge is 2.27. The Morgan fingerprint density at radius 2 is 2.04 bits per heavy atom. The number of ether oxygens (including phenoxy) is 1. The second-order valence-electron chi connectivity index (χ2n) is 5.62. The van der Waals surface area contributed by atoms with Crippen molar-refractivity contribution in [3.05, 3.63) is 27.1 Å². The quantitative estimate of drug-likeness (QED) is 0.848. The van der Waals surface area contributed by atoms with Crippen molar-refractivity contribution in [1.29, 1.82) is 0 Å². The van der Waals surface area contributed by atoms with Gasteiger partial charge in [0.05, 0.1) is 23.7 Å². The minimum Gasteiger partial charge on any atom is -0.467 e. The van der Waals surface area contributed by atoms with Crippen LogP contribution in [0, 0.1) is 12.8 Å². The molecule has 0 aliphatic heterocycles. The molecule has 0 saturated heterocycles. The van der Waals surface area contributed by atoms with Crippen molar-refractivity contribution in [3.8, 4) is 0 Å². The van der Waals surface area contributed by atoms with Gasteiger partial charge in [-0.2, -0.15) is 0 Å². The molecule has 1 N–H and O–H groups in total. The molecule has 0 saturated carbocycles. The number of carbonyl (C=O) groups excluding carboxylic acids is 2. The fourth-order valence-corrected chi connectivity index (χ4v) is 3.30. The molecule has 2 rings (SSSR count).